The highest BCUT2D eigenvalue weighted by Gasteiger charge is 2.01. The second-order valence-electron chi connectivity index (χ2n) is 4.11. The first kappa shape index (κ1) is 12.9. The number of carbonyl (C=O) groups is 1. The van der Waals surface area contributed by atoms with E-state index in [2.05, 4.69) is 25.9 Å². The van der Waals surface area contributed by atoms with Crippen molar-refractivity contribution in [2.24, 2.45) is 0 Å². The topological polar surface area (TPSA) is 81.8 Å². The molecule has 1 heterocycles. The zero-order chi connectivity index (χ0) is 13.7. The van der Waals surface area contributed by atoms with Crippen molar-refractivity contribution in [3.8, 4) is 0 Å². The third-order valence-electron chi connectivity index (χ3n) is 2.76. The molecule has 0 atom stereocenters. The van der Waals surface area contributed by atoms with Crippen molar-refractivity contribution < 1.29 is 4.79 Å². The number of aryl methyl sites for hydroxylation is 1. The number of imidazole rings is 1. The van der Waals surface area contributed by atoms with Gasteiger partial charge < -0.3 is 20.9 Å². The number of nitrogens with zero attached hydrogens (tertiary/aromatic N) is 1. The summed E-state index contributed by atoms with van der Waals surface area (Å²) in [6.07, 6.45) is 1.68. The molecule has 0 unspecified atom stereocenters. The third-order valence-corrected chi connectivity index (χ3v) is 2.76. The fraction of sp³-hybridized carbons (Fsp3) is 0.231. The van der Waals surface area contributed by atoms with Crippen LogP contribution in [-0.4, -0.2) is 23.0 Å². The maximum Gasteiger partial charge on any atom is 0.318 e. The Morgan fingerprint density at radius 3 is 2.53 bits per heavy atom. The van der Waals surface area contributed by atoms with Crippen molar-refractivity contribution in [3.05, 3.63) is 42.0 Å². The number of rotatable bonds is 4. The van der Waals surface area contributed by atoms with Gasteiger partial charge in [-0.1, -0.05) is 0 Å². The first-order chi connectivity index (χ1) is 9.19. The Kier molecular flexibility index (Phi) is 4.02. The number of nitrogens with one attached hydrogen (secondary N) is 4. The van der Waals surface area contributed by atoms with E-state index >= 15 is 0 Å². The molecule has 0 saturated heterocycles. The lowest BCUT2D eigenvalue weighted by atomic mass is 10.2. The average molecular weight is 259 g/mol. The van der Waals surface area contributed by atoms with Crippen LogP contribution < -0.4 is 16.0 Å². The molecule has 0 bridgehead atoms. The minimum absolute atomic E-state index is 0.229. The molecule has 19 heavy (non-hydrogen) atoms. The number of amides is 2. The van der Waals surface area contributed by atoms with Gasteiger partial charge >= 0.3 is 6.03 Å². The lowest BCUT2D eigenvalue weighted by molar-refractivity contribution is 0.254. The molecule has 1 aromatic heterocycles. The molecule has 0 aliphatic rings. The molecule has 0 radical (unpaired) electrons. The van der Waals surface area contributed by atoms with Gasteiger partial charge in [0.05, 0.1) is 18.6 Å². The lowest BCUT2D eigenvalue weighted by Crippen LogP contribution is -2.24. The van der Waals surface area contributed by atoms with Crippen molar-refractivity contribution in [1.29, 1.82) is 0 Å². The van der Waals surface area contributed by atoms with Gasteiger partial charge in [0.1, 0.15) is 0 Å². The van der Waals surface area contributed by atoms with Crippen LogP contribution in [0.5, 0.6) is 0 Å². The molecule has 2 rings (SSSR count). The number of carbonyl (C=O) groups excluding carboxylic acids is 1. The van der Waals surface area contributed by atoms with Crippen molar-refractivity contribution in [3.63, 3.8) is 0 Å². The number of aromatic nitrogens is 2. The summed E-state index contributed by atoms with van der Waals surface area (Å²) in [5.41, 5.74) is 3.78. The van der Waals surface area contributed by atoms with Gasteiger partial charge in [-0.25, -0.2) is 9.78 Å². The van der Waals surface area contributed by atoms with Crippen LogP contribution in [0.3, 0.4) is 0 Å². The van der Waals surface area contributed by atoms with Gasteiger partial charge in [-0.05, 0) is 31.2 Å². The highest BCUT2D eigenvalue weighted by molar-refractivity contribution is 5.89. The van der Waals surface area contributed by atoms with Crippen LogP contribution in [0.15, 0.2) is 30.6 Å². The van der Waals surface area contributed by atoms with Crippen LogP contribution in [0.1, 0.15) is 11.4 Å². The Morgan fingerprint density at radius 1 is 1.26 bits per heavy atom. The number of benzene rings is 1. The minimum atomic E-state index is -0.229. The molecule has 100 valence electrons. The van der Waals surface area contributed by atoms with Gasteiger partial charge in [0.15, 0.2) is 0 Å². The van der Waals surface area contributed by atoms with Crippen LogP contribution in [0.2, 0.25) is 0 Å². The number of urea groups is 1. The first-order valence-electron chi connectivity index (χ1n) is 6.00. The molecule has 0 spiro atoms. The predicted octanol–water partition coefficient (Wildman–Crippen LogP) is 2.08. The lowest BCUT2D eigenvalue weighted by Gasteiger charge is -2.07. The maximum absolute atomic E-state index is 11.1. The summed E-state index contributed by atoms with van der Waals surface area (Å²) in [4.78, 5) is 18.4. The molecule has 4 N–H and O–H groups in total. The van der Waals surface area contributed by atoms with Crippen LogP contribution in [0.4, 0.5) is 16.2 Å². The van der Waals surface area contributed by atoms with E-state index in [4.69, 9.17) is 0 Å². The monoisotopic (exact) mass is 259 g/mol. The fourth-order valence-corrected chi connectivity index (χ4v) is 1.62. The molecule has 0 saturated carbocycles. The summed E-state index contributed by atoms with van der Waals surface area (Å²) < 4.78 is 0. The van der Waals surface area contributed by atoms with E-state index in [1.54, 1.807) is 13.4 Å². The van der Waals surface area contributed by atoms with Crippen LogP contribution in [0, 0.1) is 6.92 Å². The Bertz CT molecular complexity index is 546. The van der Waals surface area contributed by atoms with Crippen LogP contribution in [0.25, 0.3) is 0 Å². The number of hydrogen-bond donors (Lipinski definition) is 4. The third kappa shape index (κ3) is 3.48. The molecule has 6 nitrogen and oxygen atoms in total. The largest absolute Gasteiger partial charge is 0.379 e. The van der Waals surface area contributed by atoms with Gasteiger partial charge in [0.25, 0.3) is 0 Å². The summed E-state index contributed by atoms with van der Waals surface area (Å²) in [5, 5.41) is 8.47. The van der Waals surface area contributed by atoms with E-state index in [0.29, 0.717) is 6.54 Å². The molecule has 6 heteroatoms. The second kappa shape index (κ2) is 5.90. The van der Waals surface area contributed by atoms with E-state index in [1.807, 2.05) is 31.2 Å². The zero-order valence-corrected chi connectivity index (χ0v) is 10.9. The van der Waals surface area contributed by atoms with E-state index in [0.717, 1.165) is 22.8 Å². The average Bonchev–Trinajstić information content (AvgIpc) is 2.83. The zero-order valence-electron chi connectivity index (χ0n) is 10.9. The molecule has 1 aromatic carbocycles. The number of hydrogen-bond acceptors (Lipinski definition) is 3. The minimum Gasteiger partial charge on any atom is -0.379 e. The Balaban J connectivity index is 1.92. The van der Waals surface area contributed by atoms with Crippen LogP contribution >= 0.6 is 0 Å². The molecule has 2 aromatic rings. The quantitative estimate of drug-likeness (QED) is 0.678. The predicted molar refractivity (Wildman–Crippen MR) is 75.2 cm³/mol. The van der Waals surface area contributed by atoms with Gasteiger partial charge in [-0.3, -0.25) is 0 Å². The summed E-state index contributed by atoms with van der Waals surface area (Å²) >= 11 is 0. The van der Waals surface area contributed by atoms with E-state index in [-0.39, 0.29) is 6.03 Å². The number of aromatic amines is 1. The molecule has 0 aliphatic heterocycles. The number of anilines is 2. The Hall–Kier alpha value is -2.50. The Labute approximate surface area is 111 Å². The van der Waals surface area contributed by atoms with E-state index < -0.39 is 0 Å². The Morgan fingerprint density at radius 2 is 1.95 bits per heavy atom. The molecule has 0 fully saturated rings. The fourth-order valence-electron chi connectivity index (χ4n) is 1.62. The summed E-state index contributed by atoms with van der Waals surface area (Å²) in [6.45, 7) is 2.65. The molecule has 0 aliphatic carbocycles. The van der Waals surface area contributed by atoms with Crippen molar-refractivity contribution in [2.75, 3.05) is 17.7 Å². The maximum atomic E-state index is 11.1. The summed E-state index contributed by atoms with van der Waals surface area (Å²) in [7, 11) is 1.58. The van der Waals surface area contributed by atoms with Gasteiger partial charge in [-0.15, -0.1) is 0 Å². The highest BCUT2D eigenvalue weighted by Crippen LogP contribution is 2.14. The first-order valence-corrected chi connectivity index (χ1v) is 6.00. The smallest absolute Gasteiger partial charge is 0.318 e. The van der Waals surface area contributed by atoms with Crippen molar-refractivity contribution in [2.45, 2.75) is 13.5 Å². The van der Waals surface area contributed by atoms with Gasteiger partial charge in [0, 0.05) is 24.1 Å². The van der Waals surface area contributed by atoms with E-state index in [9.17, 15) is 4.79 Å². The molecular formula is C13H17N5O. The van der Waals surface area contributed by atoms with Gasteiger partial charge in [-0.2, -0.15) is 0 Å². The normalized spacial score (nSPS) is 10.0. The summed E-state index contributed by atoms with van der Waals surface area (Å²) in [5.74, 6) is 0. The van der Waals surface area contributed by atoms with Crippen molar-refractivity contribution >= 4 is 17.4 Å². The number of H-pyrrole nitrogens is 1. The summed E-state index contributed by atoms with van der Waals surface area (Å²) in [6, 6.07) is 7.28. The van der Waals surface area contributed by atoms with E-state index in [1.165, 1.54) is 0 Å². The highest BCUT2D eigenvalue weighted by atomic mass is 16.2. The van der Waals surface area contributed by atoms with Crippen LogP contribution in [-0.2, 0) is 6.54 Å². The SMILES string of the molecule is CNC(=O)Nc1ccc(NCc2nc[nH]c2C)cc1. The van der Waals surface area contributed by atoms with Gasteiger partial charge in [0.2, 0.25) is 0 Å². The van der Waals surface area contributed by atoms with Crippen molar-refractivity contribution in [1.82, 2.24) is 15.3 Å². The molecular weight excluding hydrogens is 242 g/mol. The standard InChI is InChI=1S/C13H17N5O/c1-9-12(17-8-16-9)7-15-10-3-5-11(6-4-10)18-13(19)14-2/h3-6,8,15H,7H2,1-2H3,(H,16,17)(H2,14,18,19). The second-order valence-corrected chi connectivity index (χ2v) is 4.11. The molecule has 2 amide bonds.